The summed E-state index contributed by atoms with van der Waals surface area (Å²) in [7, 11) is 1.94. The monoisotopic (exact) mass is 277 g/mol. The Labute approximate surface area is 117 Å². The largest absolute Gasteiger partial charge is 0.351 e. The van der Waals surface area contributed by atoms with E-state index in [9.17, 15) is 4.79 Å². The molecule has 0 aliphatic carbocycles. The number of nitrogens with one attached hydrogen (secondary N) is 1. The van der Waals surface area contributed by atoms with Gasteiger partial charge in [-0.05, 0) is 32.4 Å². The summed E-state index contributed by atoms with van der Waals surface area (Å²) in [4.78, 5) is 13.8. The zero-order valence-corrected chi connectivity index (χ0v) is 12.6. The summed E-state index contributed by atoms with van der Waals surface area (Å²) in [6, 6.07) is 3.89. The maximum Gasteiger partial charge on any atom is 0.261 e. The highest BCUT2D eigenvalue weighted by atomic mass is 32.1. The molecule has 0 radical (unpaired) electrons. The van der Waals surface area contributed by atoms with Crippen molar-refractivity contribution in [1.82, 2.24) is 15.1 Å². The second-order valence-corrected chi connectivity index (χ2v) is 5.67. The second kappa shape index (κ2) is 5.57. The van der Waals surface area contributed by atoms with Crippen LogP contribution in [0.4, 0.5) is 0 Å². The highest BCUT2D eigenvalue weighted by Crippen LogP contribution is 2.32. The average Bonchev–Trinajstić information content (AvgIpc) is 2.93. The maximum atomic E-state index is 11.9. The second-order valence-electron chi connectivity index (χ2n) is 4.59. The molecule has 0 bridgehead atoms. The van der Waals surface area contributed by atoms with Gasteiger partial charge in [-0.2, -0.15) is 5.10 Å². The minimum absolute atomic E-state index is 0.0114. The van der Waals surface area contributed by atoms with Crippen molar-refractivity contribution in [3.8, 4) is 10.4 Å². The number of hydrogen-bond acceptors (Lipinski definition) is 3. The third kappa shape index (κ3) is 2.71. The first kappa shape index (κ1) is 13.8. The molecule has 2 heterocycles. The minimum Gasteiger partial charge on any atom is -0.351 e. The molecule has 0 spiro atoms. The van der Waals surface area contributed by atoms with Crippen LogP contribution in [-0.4, -0.2) is 22.2 Å². The van der Waals surface area contributed by atoms with Gasteiger partial charge in [-0.1, -0.05) is 6.92 Å². The molecule has 5 heteroatoms. The molecule has 0 saturated carbocycles. The fraction of sp³-hybridized carbons (Fsp3) is 0.429. The van der Waals surface area contributed by atoms with Crippen molar-refractivity contribution in [3.05, 3.63) is 28.4 Å². The molecule has 1 amide bonds. The lowest BCUT2D eigenvalue weighted by molar-refractivity contribution is 0.0957. The van der Waals surface area contributed by atoms with E-state index in [1.54, 1.807) is 0 Å². The molecular formula is C14H19N3OS. The third-order valence-corrected chi connectivity index (χ3v) is 4.22. The normalized spacial score (nSPS) is 10.7. The lowest BCUT2D eigenvalue weighted by atomic mass is 10.1. The van der Waals surface area contributed by atoms with Crippen LogP contribution in [0.1, 0.15) is 34.4 Å². The molecule has 0 saturated heterocycles. The van der Waals surface area contributed by atoms with Gasteiger partial charge in [-0.3, -0.25) is 9.48 Å². The highest BCUT2D eigenvalue weighted by molar-refractivity contribution is 7.17. The van der Waals surface area contributed by atoms with Crippen molar-refractivity contribution in [2.75, 3.05) is 6.54 Å². The first-order chi connectivity index (χ1) is 9.04. The number of amides is 1. The van der Waals surface area contributed by atoms with Crippen LogP contribution >= 0.6 is 11.3 Å². The number of aryl methyl sites for hydroxylation is 2. The quantitative estimate of drug-likeness (QED) is 0.934. The van der Waals surface area contributed by atoms with E-state index >= 15 is 0 Å². The van der Waals surface area contributed by atoms with Crippen molar-refractivity contribution in [2.45, 2.75) is 27.2 Å². The first-order valence-electron chi connectivity index (χ1n) is 6.43. The molecule has 2 rings (SSSR count). The molecular weight excluding hydrogens is 258 g/mol. The molecule has 1 N–H and O–H groups in total. The van der Waals surface area contributed by atoms with Gasteiger partial charge >= 0.3 is 0 Å². The Balaban J connectivity index is 2.28. The van der Waals surface area contributed by atoms with Gasteiger partial charge < -0.3 is 5.32 Å². The third-order valence-electron chi connectivity index (χ3n) is 3.12. The van der Waals surface area contributed by atoms with E-state index in [1.807, 2.05) is 44.6 Å². The van der Waals surface area contributed by atoms with Crippen LogP contribution in [0.3, 0.4) is 0 Å². The average molecular weight is 277 g/mol. The van der Waals surface area contributed by atoms with Crippen LogP contribution in [0, 0.1) is 13.8 Å². The molecule has 0 aromatic carbocycles. The van der Waals surface area contributed by atoms with E-state index in [1.165, 1.54) is 11.3 Å². The predicted octanol–water partition coefficient (Wildman–Crippen LogP) is 2.91. The molecule has 2 aromatic heterocycles. The van der Waals surface area contributed by atoms with E-state index in [0.717, 1.165) is 39.7 Å². The fourth-order valence-electron chi connectivity index (χ4n) is 2.05. The Hall–Kier alpha value is -1.62. The minimum atomic E-state index is 0.0114. The summed E-state index contributed by atoms with van der Waals surface area (Å²) in [5.74, 6) is 0.0114. The van der Waals surface area contributed by atoms with E-state index in [-0.39, 0.29) is 5.91 Å². The topological polar surface area (TPSA) is 46.9 Å². The van der Waals surface area contributed by atoms with Crippen molar-refractivity contribution in [2.24, 2.45) is 7.05 Å². The van der Waals surface area contributed by atoms with Gasteiger partial charge in [0.15, 0.2) is 0 Å². The molecule has 19 heavy (non-hydrogen) atoms. The van der Waals surface area contributed by atoms with Gasteiger partial charge in [0.05, 0.1) is 10.6 Å². The van der Waals surface area contributed by atoms with Gasteiger partial charge in [-0.15, -0.1) is 11.3 Å². The van der Waals surface area contributed by atoms with Crippen molar-refractivity contribution >= 4 is 17.2 Å². The number of hydrogen-bond donors (Lipinski definition) is 1. The van der Waals surface area contributed by atoms with E-state index in [4.69, 9.17) is 0 Å². The van der Waals surface area contributed by atoms with Gasteiger partial charge in [-0.25, -0.2) is 0 Å². The van der Waals surface area contributed by atoms with Gasteiger partial charge in [0.2, 0.25) is 0 Å². The number of rotatable bonds is 4. The Morgan fingerprint density at radius 1 is 1.42 bits per heavy atom. The van der Waals surface area contributed by atoms with Crippen LogP contribution in [0.5, 0.6) is 0 Å². The van der Waals surface area contributed by atoms with Crippen molar-refractivity contribution < 1.29 is 4.79 Å². The predicted molar refractivity (Wildman–Crippen MR) is 78.6 cm³/mol. The van der Waals surface area contributed by atoms with Gasteiger partial charge in [0, 0.05) is 29.7 Å². The summed E-state index contributed by atoms with van der Waals surface area (Å²) in [5, 5.41) is 7.31. The molecule has 4 nitrogen and oxygen atoms in total. The Morgan fingerprint density at radius 3 is 2.74 bits per heavy atom. The SMILES string of the molecule is CCCNC(=O)c1ccc(-c2c(C)nn(C)c2C)s1. The zero-order valence-electron chi connectivity index (χ0n) is 11.8. The van der Waals surface area contributed by atoms with E-state index < -0.39 is 0 Å². The summed E-state index contributed by atoms with van der Waals surface area (Å²) in [6.45, 7) is 6.81. The van der Waals surface area contributed by atoms with Crippen LogP contribution < -0.4 is 5.32 Å². The molecule has 102 valence electrons. The molecule has 0 fully saturated rings. The van der Waals surface area contributed by atoms with Gasteiger partial charge in [0.25, 0.3) is 5.91 Å². The van der Waals surface area contributed by atoms with E-state index in [2.05, 4.69) is 10.4 Å². The number of thiophene rings is 1. The summed E-state index contributed by atoms with van der Waals surface area (Å²) >= 11 is 1.52. The fourth-order valence-corrected chi connectivity index (χ4v) is 3.12. The number of carbonyl (C=O) groups is 1. The first-order valence-corrected chi connectivity index (χ1v) is 7.24. The molecule has 2 aromatic rings. The summed E-state index contributed by atoms with van der Waals surface area (Å²) in [6.07, 6.45) is 0.949. The molecule has 0 aliphatic rings. The van der Waals surface area contributed by atoms with Crippen LogP contribution in [0.15, 0.2) is 12.1 Å². The van der Waals surface area contributed by atoms with Crippen LogP contribution in [0.25, 0.3) is 10.4 Å². The van der Waals surface area contributed by atoms with Gasteiger partial charge in [0.1, 0.15) is 0 Å². The lowest BCUT2D eigenvalue weighted by Gasteiger charge is -2.00. The number of nitrogens with zero attached hydrogens (tertiary/aromatic N) is 2. The molecule has 0 aliphatic heterocycles. The molecule has 0 atom stereocenters. The van der Waals surface area contributed by atoms with Crippen LogP contribution in [-0.2, 0) is 7.05 Å². The smallest absolute Gasteiger partial charge is 0.261 e. The number of carbonyl (C=O) groups excluding carboxylic acids is 1. The maximum absolute atomic E-state index is 11.9. The van der Waals surface area contributed by atoms with Crippen LogP contribution in [0.2, 0.25) is 0 Å². The number of aromatic nitrogens is 2. The zero-order chi connectivity index (χ0) is 14.0. The summed E-state index contributed by atoms with van der Waals surface area (Å²) < 4.78 is 1.88. The Bertz CT molecular complexity index is 598. The summed E-state index contributed by atoms with van der Waals surface area (Å²) in [5.41, 5.74) is 3.27. The van der Waals surface area contributed by atoms with Crippen molar-refractivity contribution in [3.63, 3.8) is 0 Å². The Kier molecular flexibility index (Phi) is 4.04. The van der Waals surface area contributed by atoms with E-state index in [0.29, 0.717) is 0 Å². The molecule has 0 unspecified atom stereocenters. The van der Waals surface area contributed by atoms with Crippen molar-refractivity contribution in [1.29, 1.82) is 0 Å². The standard InChI is InChI=1S/C14H19N3OS/c1-5-8-15-14(18)12-7-6-11(19-12)13-9(2)16-17(4)10(13)3/h6-7H,5,8H2,1-4H3,(H,15,18). The Morgan fingerprint density at radius 2 is 2.16 bits per heavy atom. The lowest BCUT2D eigenvalue weighted by Crippen LogP contribution is -2.22. The highest BCUT2D eigenvalue weighted by Gasteiger charge is 2.15.